The third-order valence-electron chi connectivity index (χ3n) is 3.57. The van der Waals surface area contributed by atoms with Gasteiger partial charge in [-0.2, -0.15) is 0 Å². The number of sulfone groups is 1. The highest BCUT2D eigenvalue weighted by molar-refractivity contribution is 7.90. The molecule has 2 aromatic carbocycles. The summed E-state index contributed by atoms with van der Waals surface area (Å²) in [5.74, 6) is 0. The number of halogens is 1. The lowest BCUT2D eigenvalue weighted by Gasteiger charge is -2.14. The highest BCUT2D eigenvalue weighted by Crippen LogP contribution is 2.35. The Morgan fingerprint density at radius 2 is 1.74 bits per heavy atom. The van der Waals surface area contributed by atoms with E-state index in [-0.39, 0.29) is 0 Å². The molecule has 6 heteroatoms. The molecule has 0 radical (unpaired) electrons. The summed E-state index contributed by atoms with van der Waals surface area (Å²) in [4.78, 5) is 0.319. The van der Waals surface area contributed by atoms with Crippen molar-refractivity contribution in [1.29, 1.82) is 0 Å². The van der Waals surface area contributed by atoms with Crippen molar-refractivity contribution in [2.75, 3.05) is 6.26 Å². The van der Waals surface area contributed by atoms with Crippen LogP contribution in [-0.4, -0.2) is 19.8 Å². The van der Waals surface area contributed by atoms with Crippen LogP contribution < -0.4 is 0 Å². The Kier molecular flexibility index (Phi) is 4.00. The van der Waals surface area contributed by atoms with Gasteiger partial charge < -0.3 is 4.52 Å². The molecule has 0 unspecified atom stereocenters. The number of aryl methyl sites for hydroxylation is 1. The van der Waals surface area contributed by atoms with Crippen molar-refractivity contribution in [3.05, 3.63) is 59.4 Å². The van der Waals surface area contributed by atoms with Crippen LogP contribution in [0.1, 0.15) is 5.56 Å². The maximum absolute atomic E-state index is 12.3. The number of hydrogen-bond donors (Lipinski definition) is 0. The van der Waals surface area contributed by atoms with E-state index in [0.717, 1.165) is 16.7 Å². The van der Waals surface area contributed by atoms with Crippen LogP contribution in [0, 0.1) is 6.92 Å². The molecule has 0 saturated heterocycles. The van der Waals surface area contributed by atoms with Gasteiger partial charge in [-0.1, -0.05) is 28.9 Å². The summed E-state index contributed by atoms with van der Waals surface area (Å²) in [7, 11) is -3.38. The van der Waals surface area contributed by atoms with Crippen molar-refractivity contribution in [3.8, 4) is 22.3 Å². The second kappa shape index (κ2) is 5.83. The van der Waals surface area contributed by atoms with E-state index in [2.05, 4.69) is 5.16 Å². The van der Waals surface area contributed by atoms with Crippen molar-refractivity contribution in [2.45, 2.75) is 11.8 Å². The SMILES string of the molecule is Cc1cc(-c2cnoc2)cc(-c2ccc(Cl)cc2)c1S(C)(=O)=O. The van der Waals surface area contributed by atoms with Gasteiger partial charge in [-0.3, -0.25) is 0 Å². The van der Waals surface area contributed by atoms with E-state index in [4.69, 9.17) is 16.1 Å². The summed E-state index contributed by atoms with van der Waals surface area (Å²) >= 11 is 5.93. The molecule has 0 aliphatic rings. The van der Waals surface area contributed by atoms with E-state index in [0.29, 0.717) is 21.0 Å². The molecule has 0 spiro atoms. The van der Waals surface area contributed by atoms with Crippen molar-refractivity contribution >= 4 is 21.4 Å². The number of aromatic nitrogens is 1. The minimum absolute atomic E-state index is 0.319. The first-order chi connectivity index (χ1) is 10.9. The smallest absolute Gasteiger partial charge is 0.176 e. The van der Waals surface area contributed by atoms with Gasteiger partial charge in [0, 0.05) is 22.4 Å². The molecule has 1 heterocycles. The molecule has 1 aromatic heterocycles. The molecule has 3 aromatic rings. The minimum atomic E-state index is -3.38. The van der Waals surface area contributed by atoms with Gasteiger partial charge in [-0.25, -0.2) is 8.42 Å². The lowest BCUT2D eigenvalue weighted by Crippen LogP contribution is -2.03. The fourth-order valence-corrected chi connectivity index (χ4v) is 3.97. The maximum atomic E-state index is 12.3. The Balaban J connectivity index is 2.31. The van der Waals surface area contributed by atoms with E-state index in [1.807, 2.05) is 24.3 Å². The molecule has 0 amide bonds. The first-order valence-corrected chi connectivity index (χ1v) is 9.13. The first-order valence-electron chi connectivity index (χ1n) is 6.86. The average molecular weight is 348 g/mol. The summed E-state index contributed by atoms with van der Waals surface area (Å²) in [6.45, 7) is 1.78. The Labute approximate surface area is 139 Å². The largest absolute Gasteiger partial charge is 0.364 e. The molecule has 0 bridgehead atoms. The van der Waals surface area contributed by atoms with Crippen LogP contribution in [-0.2, 0) is 9.84 Å². The van der Waals surface area contributed by atoms with Crippen LogP contribution in [0.2, 0.25) is 5.02 Å². The third kappa shape index (κ3) is 3.16. The van der Waals surface area contributed by atoms with Crippen molar-refractivity contribution in [2.24, 2.45) is 0 Å². The zero-order valence-corrected chi connectivity index (χ0v) is 14.1. The molecule has 4 nitrogen and oxygen atoms in total. The third-order valence-corrected chi connectivity index (χ3v) is 5.10. The summed E-state index contributed by atoms with van der Waals surface area (Å²) in [5.41, 5.74) is 3.75. The molecule has 0 aliphatic carbocycles. The van der Waals surface area contributed by atoms with Crippen LogP contribution in [0.5, 0.6) is 0 Å². The second-order valence-electron chi connectivity index (χ2n) is 5.36. The van der Waals surface area contributed by atoms with Crippen molar-refractivity contribution in [1.82, 2.24) is 5.16 Å². The zero-order valence-electron chi connectivity index (χ0n) is 12.6. The van der Waals surface area contributed by atoms with Gasteiger partial charge in [-0.05, 0) is 47.9 Å². The quantitative estimate of drug-likeness (QED) is 0.705. The Hall–Kier alpha value is -2.11. The van der Waals surface area contributed by atoms with Crippen LogP contribution in [0.15, 0.2) is 58.3 Å². The number of nitrogens with zero attached hydrogens (tertiary/aromatic N) is 1. The summed E-state index contributed by atoms with van der Waals surface area (Å²) in [5, 5.41) is 4.30. The van der Waals surface area contributed by atoms with Gasteiger partial charge in [0.2, 0.25) is 0 Å². The van der Waals surface area contributed by atoms with Crippen LogP contribution in [0.3, 0.4) is 0 Å². The second-order valence-corrected chi connectivity index (χ2v) is 7.75. The van der Waals surface area contributed by atoms with E-state index in [1.165, 1.54) is 12.5 Å². The lowest BCUT2D eigenvalue weighted by atomic mass is 9.98. The lowest BCUT2D eigenvalue weighted by molar-refractivity contribution is 0.420. The minimum Gasteiger partial charge on any atom is -0.364 e. The first kappa shape index (κ1) is 15.8. The predicted octanol–water partition coefficient (Wildman–Crippen LogP) is 4.37. The van der Waals surface area contributed by atoms with E-state index >= 15 is 0 Å². The fraction of sp³-hybridized carbons (Fsp3) is 0.118. The van der Waals surface area contributed by atoms with Gasteiger partial charge >= 0.3 is 0 Å². The van der Waals surface area contributed by atoms with Gasteiger partial charge in [0.1, 0.15) is 6.26 Å². The molecule has 0 atom stereocenters. The summed E-state index contributed by atoms with van der Waals surface area (Å²) in [6, 6.07) is 10.8. The van der Waals surface area contributed by atoms with E-state index in [1.54, 1.807) is 25.3 Å². The van der Waals surface area contributed by atoms with Crippen LogP contribution in [0.4, 0.5) is 0 Å². The summed E-state index contributed by atoms with van der Waals surface area (Å²) in [6.07, 6.45) is 4.34. The monoisotopic (exact) mass is 347 g/mol. The van der Waals surface area contributed by atoms with Gasteiger partial charge in [0.25, 0.3) is 0 Å². The predicted molar refractivity (Wildman–Crippen MR) is 90.2 cm³/mol. The van der Waals surface area contributed by atoms with E-state index in [9.17, 15) is 8.42 Å². The maximum Gasteiger partial charge on any atom is 0.176 e. The zero-order chi connectivity index (χ0) is 16.6. The number of benzene rings is 2. The molecule has 0 fully saturated rings. The normalized spacial score (nSPS) is 11.6. The Morgan fingerprint density at radius 1 is 1.04 bits per heavy atom. The average Bonchev–Trinajstić information content (AvgIpc) is 3.00. The van der Waals surface area contributed by atoms with Crippen molar-refractivity contribution < 1.29 is 12.9 Å². The standard InChI is InChI=1S/C17H14ClNO3S/c1-11-7-13(14-9-19-22-10-14)8-16(17(11)23(2,20)21)12-3-5-15(18)6-4-12/h3-10H,1-2H3. The molecule has 118 valence electrons. The summed E-state index contributed by atoms with van der Waals surface area (Å²) < 4.78 is 29.4. The molecule has 23 heavy (non-hydrogen) atoms. The van der Waals surface area contributed by atoms with Gasteiger partial charge in [0.05, 0.1) is 11.1 Å². The molecule has 0 saturated carbocycles. The highest BCUT2D eigenvalue weighted by atomic mass is 35.5. The van der Waals surface area contributed by atoms with Crippen molar-refractivity contribution in [3.63, 3.8) is 0 Å². The molecule has 0 aliphatic heterocycles. The molecule has 3 rings (SSSR count). The molecule has 0 N–H and O–H groups in total. The number of hydrogen-bond acceptors (Lipinski definition) is 4. The fourth-order valence-electron chi connectivity index (χ4n) is 2.62. The van der Waals surface area contributed by atoms with Gasteiger partial charge in [0.15, 0.2) is 9.84 Å². The highest BCUT2D eigenvalue weighted by Gasteiger charge is 2.19. The Bertz CT molecular complexity index is 946. The Morgan fingerprint density at radius 3 is 2.30 bits per heavy atom. The molecular weight excluding hydrogens is 334 g/mol. The van der Waals surface area contributed by atoms with Crippen LogP contribution in [0.25, 0.3) is 22.3 Å². The topological polar surface area (TPSA) is 60.2 Å². The molecular formula is C17H14ClNO3S. The van der Waals surface area contributed by atoms with E-state index < -0.39 is 9.84 Å². The van der Waals surface area contributed by atoms with Crippen LogP contribution >= 0.6 is 11.6 Å². The van der Waals surface area contributed by atoms with Gasteiger partial charge in [-0.15, -0.1) is 0 Å². The number of rotatable bonds is 3.